The van der Waals surface area contributed by atoms with Crippen molar-refractivity contribution < 1.29 is 0 Å². The van der Waals surface area contributed by atoms with Gasteiger partial charge in [0.1, 0.15) is 11.0 Å². The third kappa shape index (κ3) is 2.02. The van der Waals surface area contributed by atoms with Gasteiger partial charge in [-0.2, -0.15) is 15.4 Å². The summed E-state index contributed by atoms with van der Waals surface area (Å²) < 4.78 is 0. The van der Waals surface area contributed by atoms with Gasteiger partial charge in [-0.3, -0.25) is 4.98 Å². The van der Waals surface area contributed by atoms with Gasteiger partial charge in [0.2, 0.25) is 0 Å². The smallest absolute Gasteiger partial charge is 0.131 e. The summed E-state index contributed by atoms with van der Waals surface area (Å²) in [6.45, 7) is 4.25. The van der Waals surface area contributed by atoms with E-state index in [0.717, 1.165) is 11.0 Å². The Morgan fingerprint density at radius 3 is 2.58 bits per heavy atom. The number of rotatable bonds is 0. The van der Waals surface area contributed by atoms with Crippen LogP contribution >= 0.6 is 0 Å². The molecule has 12 heavy (non-hydrogen) atoms. The van der Waals surface area contributed by atoms with Crippen LogP contribution in [0.2, 0.25) is 0 Å². The minimum atomic E-state index is 0.803. The van der Waals surface area contributed by atoms with E-state index < -0.39 is 0 Å². The average Bonchev–Trinajstić information content (AvgIpc) is 2.52. The van der Waals surface area contributed by atoms with Crippen LogP contribution in [0.25, 0.3) is 11.0 Å². The molecule has 0 fully saturated rings. The summed E-state index contributed by atoms with van der Waals surface area (Å²) >= 11 is 0. The Morgan fingerprint density at radius 2 is 1.92 bits per heavy atom. The highest BCUT2D eigenvalue weighted by Crippen LogP contribution is 2.01. The number of fused-ring (bicyclic) bond motifs is 1. The van der Waals surface area contributed by atoms with Gasteiger partial charge < -0.3 is 0 Å². The Labute approximate surface area is 71.0 Å². The van der Waals surface area contributed by atoms with Crippen molar-refractivity contribution in [2.45, 2.75) is 20.3 Å². The van der Waals surface area contributed by atoms with E-state index in [1.807, 2.05) is 0 Å². The second-order valence-corrected chi connectivity index (χ2v) is 2.40. The number of aromatic amines is 1. The van der Waals surface area contributed by atoms with Crippen LogP contribution in [0.15, 0.2) is 18.5 Å². The number of H-pyrrole nitrogens is 1. The molecule has 64 valence electrons. The first-order chi connectivity index (χ1) is 5.88. The number of aromatic nitrogens is 4. The number of nitrogens with one attached hydrogen (secondary N) is 1. The van der Waals surface area contributed by atoms with E-state index in [9.17, 15) is 0 Å². The minimum absolute atomic E-state index is 0.803. The molecule has 0 radical (unpaired) electrons. The molecule has 0 aromatic carbocycles. The van der Waals surface area contributed by atoms with Gasteiger partial charge in [-0.25, -0.2) is 0 Å². The van der Waals surface area contributed by atoms with Crippen LogP contribution in [0.3, 0.4) is 0 Å². The number of pyridine rings is 1. The lowest BCUT2D eigenvalue weighted by Crippen LogP contribution is -1.69. The summed E-state index contributed by atoms with van der Waals surface area (Å²) in [4.78, 5) is 3.86. The molecule has 1 N–H and O–H groups in total. The molecule has 0 aliphatic carbocycles. The largest absolute Gasteiger partial charge is 0.262 e. The predicted molar refractivity (Wildman–Crippen MR) is 47.6 cm³/mol. The van der Waals surface area contributed by atoms with Gasteiger partial charge in [0.25, 0.3) is 0 Å². The lowest BCUT2D eigenvalue weighted by molar-refractivity contribution is 0.959. The van der Waals surface area contributed by atoms with E-state index in [0.29, 0.717) is 0 Å². The number of hydrogen-bond donors (Lipinski definition) is 1. The topological polar surface area (TPSA) is 54.5 Å². The quantitative estimate of drug-likeness (QED) is 0.645. The van der Waals surface area contributed by atoms with Gasteiger partial charge in [-0.1, -0.05) is 20.3 Å². The van der Waals surface area contributed by atoms with E-state index in [1.165, 1.54) is 6.42 Å². The third-order valence-corrected chi connectivity index (χ3v) is 1.12. The van der Waals surface area contributed by atoms with Crippen LogP contribution in [0, 0.1) is 0 Å². The molecular weight excluding hydrogens is 152 g/mol. The van der Waals surface area contributed by atoms with Gasteiger partial charge in [-0.15, -0.1) is 0 Å². The lowest BCUT2D eigenvalue weighted by Gasteiger charge is -1.77. The fraction of sp³-hybridized carbons (Fsp3) is 0.375. The van der Waals surface area contributed by atoms with Crippen LogP contribution in [0.1, 0.15) is 20.3 Å². The van der Waals surface area contributed by atoms with Crippen LogP contribution < -0.4 is 0 Å². The second kappa shape index (κ2) is 4.43. The summed E-state index contributed by atoms with van der Waals surface area (Å²) in [5.74, 6) is 0. The van der Waals surface area contributed by atoms with E-state index in [2.05, 4.69) is 34.2 Å². The predicted octanol–water partition coefficient (Wildman–Crippen LogP) is 1.77. The van der Waals surface area contributed by atoms with Crippen molar-refractivity contribution in [3.8, 4) is 0 Å². The first kappa shape index (κ1) is 8.64. The fourth-order valence-corrected chi connectivity index (χ4v) is 0.692. The summed E-state index contributed by atoms with van der Waals surface area (Å²) in [5, 5.41) is 10.2. The van der Waals surface area contributed by atoms with Crippen molar-refractivity contribution in [1.29, 1.82) is 0 Å². The fourth-order valence-electron chi connectivity index (χ4n) is 0.692. The molecule has 2 aromatic rings. The van der Waals surface area contributed by atoms with Gasteiger partial charge in [0.05, 0.1) is 6.20 Å². The monoisotopic (exact) mass is 164 g/mol. The van der Waals surface area contributed by atoms with Crippen molar-refractivity contribution in [3.63, 3.8) is 0 Å². The van der Waals surface area contributed by atoms with E-state index in [-0.39, 0.29) is 0 Å². The normalized spacial score (nSPS) is 9.17. The molecule has 2 heterocycles. The van der Waals surface area contributed by atoms with Crippen molar-refractivity contribution >= 4 is 11.0 Å². The molecule has 0 amide bonds. The maximum atomic E-state index is 3.86. The highest BCUT2D eigenvalue weighted by molar-refractivity contribution is 5.71. The molecule has 0 saturated heterocycles. The first-order valence-corrected chi connectivity index (χ1v) is 3.99. The van der Waals surface area contributed by atoms with Crippen LogP contribution in [0.4, 0.5) is 0 Å². The van der Waals surface area contributed by atoms with Crippen molar-refractivity contribution in [2.24, 2.45) is 0 Å². The minimum Gasteiger partial charge on any atom is -0.262 e. The number of nitrogens with zero attached hydrogens (tertiary/aromatic N) is 3. The molecule has 0 spiro atoms. The molecule has 0 aliphatic heterocycles. The Morgan fingerprint density at radius 1 is 1.25 bits per heavy atom. The molecule has 4 heteroatoms. The Bertz CT molecular complexity index is 298. The van der Waals surface area contributed by atoms with Crippen molar-refractivity contribution in [2.75, 3.05) is 0 Å². The summed E-state index contributed by atoms with van der Waals surface area (Å²) in [6.07, 6.45) is 4.60. The molecule has 0 unspecified atom stereocenters. The number of hydrogen-bond acceptors (Lipinski definition) is 3. The standard InChI is InChI=1S/C5H4N4.C3H8/c1-2-6-3-5-4(1)7-9-8-5;1-3-2/h1-3H,(H,7,8,9);3H2,1-2H3. The Kier molecular flexibility index (Phi) is 3.19. The van der Waals surface area contributed by atoms with Crippen molar-refractivity contribution in [3.05, 3.63) is 18.5 Å². The van der Waals surface area contributed by atoms with E-state index in [4.69, 9.17) is 0 Å². The SMILES string of the molecule is CCC.c1cc2n[nH]nc2cn1. The van der Waals surface area contributed by atoms with Crippen molar-refractivity contribution in [1.82, 2.24) is 20.4 Å². The molecule has 2 rings (SSSR count). The second-order valence-electron chi connectivity index (χ2n) is 2.40. The summed E-state index contributed by atoms with van der Waals surface area (Å²) in [5.41, 5.74) is 1.66. The van der Waals surface area contributed by atoms with Gasteiger partial charge in [0, 0.05) is 6.20 Å². The zero-order valence-electron chi connectivity index (χ0n) is 7.28. The van der Waals surface area contributed by atoms with Crippen LogP contribution in [-0.2, 0) is 0 Å². The first-order valence-electron chi connectivity index (χ1n) is 3.99. The maximum absolute atomic E-state index is 3.86. The van der Waals surface area contributed by atoms with Gasteiger partial charge >= 0.3 is 0 Å². The van der Waals surface area contributed by atoms with E-state index >= 15 is 0 Å². The average molecular weight is 164 g/mol. The highest BCUT2D eigenvalue weighted by Gasteiger charge is 1.91. The molecular formula is C8H12N4. The molecule has 2 aromatic heterocycles. The van der Waals surface area contributed by atoms with Gasteiger partial charge in [-0.05, 0) is 6.07 Å². The van der Waals surface area contributed by atoms with Crippen LogP contribution in [-0.4, -0.2) is 20.4 Å². The highest BCUT2D eigenvalue weighted by atomic mass is 15.3. The third-order valence-electron chi connectivity index (χ3n) is 1.12. The molecule has 0 atom stereocenters. The van der Waals surface area contributed by atoms with Gasteiger partial charge in [0.15, 0.2) is 0 Å². The van der Waals surface area contributed by atoms with Crippen LogP contribution in [0.5, 0.6) is 0 Å². The zero-order chi connectivity index (χ0) is 8.81. The molecule has 0 bridgehead atoms. The zero-order valence-corrected chi connectivity index (χ0v) is 7.28. The van der Waals surface area contributed by atoms with E-state index in [1.54, 1.807) is 18.5 Å². The maximum Gasteiger partial charge on any atom is 0.131 e. The molecule has 0 saturated carbocycles. The summed E-state index contributed by atoms with van der Waals surface area (Å²) in [7, 11) is 0. The Balaban J connectivity index is 0.000000213. The lowest BCUT2D eigenvalue weighted by atomic mass is 10.4. The Hall–Kier alpha value is -1.45. The molecule has 0 aliphatic rings. The summed E-state index contributed by atoms with van der Waals surface area (Å²) in [6, 6.07) is 1.80. The molecule has 4 nitrogen and oxygen atoms in total.